The van der Waals surface area contributed by atoms with Crippen LogP contribution in [0.3, 0.4) is 0 Å². The highest BCUT2D eigenvalue weighted by molar-refractivity contribution is 7.98. The zero-order valence-corrected chi connectivity index (χ0v) is 9.30. The lowest BCUT2D eigenvalue weighted by atomic mass is 10.1. The van der Waals surface area contributed by atoms with Gasteiger partial charge in [-0.2, -0.15) is 16.9 Å². The highest BCUT2D eigenvalue weighted by Gasteiger charge is 2.21. The zero-order valence-electron chi connectivity index (χ0n) is 8.49. The smallest absolute Gasteiger partial charge is 0.170 e. The largest absolute Gasteiger partial charge is 0.296 e. The fourth-order valence-electron chi connectivity index (χ4n) is 1.81. The standard InChI is InChI=1S/C10H14N2OS/c1-7(2)12-10-6-14-4-3-8(10)9(5-13)11-12/h5,7H,3-4,6H2,1-2H3. The first kappa shape index (κ1) is 9.77. The van der Waals surface area contributed by atoms with Crippen molar-refractivity contribution < 1.29 is 4.79 Å². The number of hydrogen-bond donors (Lipinski definition) is 0. The Balaban J connectivity index is 2.52. The molecule has 1 aliphatic heterocycles. The van der Waals surface area contributed by atoms with E-state index in [9.17, 15) is 4.79 Å². The third kappa shape index (κ3) is 1.47. The van der Waals surface area contributed by atoms with Crippen molar-refractivity contribution in [3.8, 4) is 0 Å². The van der Waals surface area contributed by atoms with Crippen LogP contribution in [0.2, 0.25) is 0 Å². The van der Waals surface area contributed by atoms with Gasteiger partial charge in [-0.25, -0.2) is 0 Å². The number of rotatable bonds is 2. The van der Waals surface area contributed by atoms with E-state index < -0.39 is 0 Å². The molecule has 0 aliphatic carbocycles. The summed E-state index contributed by atoms with van der Waals surface area (Å²) in [6, 6.07) is 0.344. The van der Waals surface area contributed by atoms with Gasteiger partial charge in [0.05, 0.1) is 5.69 Å². The molecule has 1 aromatic heterocycles. The van der Waals surface area contributed by atoms with Crippen molar-refractivity contribution in [1.82, 2.24) is 9.78 Å². The maximum Gasteiger partial charge on any atom is 0.170 e. The number of hydrogen-bond acceptors (Lipinski definition) is 3. The maximum absolute atomic E-state index is 10.8. The number of thioether (sulfide) groups is 1. The van der Waals surface area contributed by atoms with Crippen LogP contribution in [0.4, 0.5) is 0 Å². The van der Waals surface area contributed by atoms with Gasteiger partial charge in [-0.3, -0.25) is 9.48 Å². The van der Waals surface area contributed by atoms with Crippen LogP contribution >= 0.6 is 11.8 Å². The molecular formula is C10H14N2OS. The fourth-order valence-corrected chi connectivity index (χ4v) is 2.81. The molecule has 0 aromatic carbocycles. The molecule has 76 valence electrons. The van der Waals surface area contributed by atoms with E-state index in [4.69, 9.17) is 0 Å². The van der Waals surface area contributed by atoms with Gasteiger partial charge in [0.2, 0.25) is 0 Å². The topological polar surface area (TPSA) is 34.9 Å². The van der Waals surface area contributed by atoms with Crippen molar-refractivity contribution in [2.45, 2.75) is 32.1 Å². The van der Waals surface area contributed by atoms with Crippen molar-refractivity contribution in [1.29, 1.82) is 0 Å². The van der Waals surface area contributed by atoms with Crippen LogP contribution in [0.15, 0.2) is 0 Å². The molecule has 0 fully saturated rings. The average Bonchev–Trinajstić information content (AvgIpc) is 2.56. The molecule has 0 radical (unpaired) electrons. The molecule has 0 amide bonds. The molecule has 2 heterocycles. The quantitative estimate of drug-likeness (QED) is 0.701. The fraction of sp³-hybridized carbons (Fsp3) is 0.600. The van der Waals surface area contributed by atoms with Gasteiger partial charge in [0.25, 0.3) is 0 Å². The summed E-state index contributed by atoms with van der Waals surface area (Å²) in [6.07, 6.45) is 1.87. The zero-order chi connectivity index (χ0) is 10.1. The molecule has 0 unspecified atom stereocenters. The number of carbonyl (C=O) groups excluding carboxylic acids is 1. The first-order valence-corrected chi connectivity index (χ1v) is 6.02. The van der Waals surface area contributed by atoms with E-state index in [1.165, 1.54) is 11.3 Å². The van der Waals surface area contributed by atoms with Crippen LogP contribution in [0.1, 0.15) is 41.6 Å². The second-order valence-electron chi connectivity index (χ2n) is 3.77. The van der Waals surface area contributed by atoms with Gasteiger partial charge in [-0.1, -0.05) is 0 Å². The molecule has 1 aliphatic rings. The first-order valence-electron chi connectivity index (χ1n) is 4.87. The Morgan fingerprint density at radius 3 is 3.00 bits per heavy atom. The lowest BCUT2D eigenvalue weighted by Crippen LogP contribution is -2.10. The Morgan fingerprint density at radius 1 is 1.57 bits per heavy atom. The predicted molar refractivity (Wildman–Crippen MR) is 57.9 cm³/mol. The minimum atomic E-state index is 0.344. The molecule has 1 aromatic rings. The summed E-state index contributed by atoms with van der Waals surface area (Å²) >= 11 is 1.92. The molecule has 0 spiro atoms. The minimum Gasteiger partial charge on any atom is -0.296 e. The Bertz CT molecular complexity index is 357. The molecule has 4 heteroatoms. The number of carbonyl (C=O) groups is 1. The predicted octanol–water partition coefficient (Wildman–Crippen LogP) is 2.07. The van der Waals surface area contributed by atoms with E-state index in [1.807, 2.05) is 16.4 Å². The summed E-state index contributed by atoms with van der Waals surface area (Å²) in [7, 11) is 0. The number of fused-ring (bicyclic) bond motifs is 1. The molecule has 0 saturated carbocycles. The monoisotopic (exact) mass is 210 g/mol. The van der Waals surface area contributed by atoms with Crippen LogP contribution in [0.25, 0.3) is 0 Å². The van der Waals surface area contributed by atoms with E-state index in [0.29, 0.717) is 11.7 Å². The summed E-state index contributed by atoms with van der Waals surface area (Å²) in [5.74, 6) is 2.10. The van der Waals surface area contributed by atoms with Crippen LogP contribution in [0.5, 0.6) is 0 Å². The van der Waals surface area contributed by atoms with Gasteiger partial charge in [0, 0.05) is 17.4 Å². The third-order valence-corrected chi connectivity index (χ3v) is 3.46. The molecular weight excluding hydrogens is 196 g/mol. The average molecular weight is 210 g/mol. The number of nitrogens with zero attached hydrogens (tertiary/aromatic N) is 2. The van der Waals surface area contributed by atoms with Gasteiger partial charge in [-0.05, 0) is 26.0 Å². The molecule has 0 bridgehead atoms. The molecule has 3 nitrogen and oxygen atoms in total. The van der Waals surface area contributed by atoms with Gasteiger partial charge in [-0.15, -0.1) is 0 Å². The normalized spacial score (nSPS) is 15.6. The molecule has 0 atom stereocenters. The van der Waals surface area contributed by atoms with E-state index in [0.717, 1.165) is 24.2 Å². The molecule has 14 heavy (non-hydrogen) atoms. The highest BCUT2D eigenvalue weighted by Crippen LogP contribution is 2.28. The van der Waals surface area contributed by atoms with Crippen LogP contribution < -0.4 is 0 Å². The summed E-state index contributed by atoms with van der Waals surface area (Å²) < 4.78 is 1.99. The van der Waals surface area contributed by atoms with Crippen molar-refractivity contribution in [3.63, 3.8) is 0 Å². The lowest BCUT2D eigenvalue weighted by Gasteiger charge is -2.15. The van der Waals surface area contributed by atoms with Gasteiger partial charge in [0.15, 0.2) is 6.29 Å². The molecule has 2 rings (SSSR count). The second kappa shape index (κ2) is 3.77. The van der Waals surface area contributed by atoms with Crippen molar-refractivity contribution in [2.75, 3.05) is 5.75 Å². The van der Waals surface area contributed by atoms with E-state index in [-0.39, 0.29) is 0 Å². The van der Waals surface area contributed by atoms with Crippen LogP contribution in [-0.4, -0.2) is 21.8 Å². The van der Waals surface area contributed by atoms with Crippen LogP contribution in [0, 0.1) is 0 Å². The van der Waals surface area contributed by atoms with Crippen molar-refractivity contribution in [2.24, 2.45) is 0 Å². The Kier molecular flexibility index (Phi) is 2.63. The molecule has 0 N–H and O–H groups in total. The first-order chi connectivity index (χ1) is 6.74. The Hall–Kier alpha value is -0.770. The summed E-state index contributed by atoms with van der Waals surface area (Å²) in [5.41, 5.74) is 3.07. The molecule has 0 saturated heterocycles. The third-order valence-electron chi connectivity index (χ3n) is 2.49. The number of aromatic nitrogens is 2. The van der Waals surface area contributed by atoms with Crippen molar-refractivity contribution in [3.05, 3.63) is 17.0 Å². The Labute approximate surface area is 87.9 Å². The van der Waals surface area contributed by atoms with Gasteiger partial charge < -0.3 is 0 Å². The lowest BCUT2D eigenvalue weighted by molar-refractivity contribution is 0.111. The van der Waals surface area contributed by atoms with Gasteiger partial charge in [0.1, 0.15) is 5.69 Å². The van der Waals surface area contributed by atoms with E-state index in [1.54, 1.807) is 0 Å². The Morgan fingerprint density at radius 2 is 2.36 bits per heavy atom. The van der Waals surface area contributed by atoms with E-state index in [2.05, 4.69) is 18.9 Å². The SMILES string of the molecule is CC(C)n1nc(C=O)c2c1CSCC2. The van der Waals surface area contributed by atoms with Gasteiger partial charge >= 0.3 is 0 Å². The summed E-state index contributed by atoms with van der Waals surface area (Å²) in [4.78, 5) is 10.8. The van der Waals surface area contributed by atoms with Crippen LogP contribution in [-0.2, 0) is 12.2 Å². The maximum atomic E-state index is 10.8. The van der Waals surface area contributed by atoms with Crippen molar-refractivity contribution >= 4 is 18.0 Å². The highest BCUT2D eigenvalue weighted by atomic mass is 32.2. The number of aldehydes is 1. The van der Waals surface area contributed by atoms with E-state index >= 15 is 0 Å². The summed E-state index contributed by atoms with van der Waals surface area (Å²) in [5, 5.41) is 4.35. The minimum absolute atomic E-state index is 0.344. The second-order valence-corrected chi connectivity index (χ2v) is 4.87. The summed E-state index contributed by atoms with van der Waals surface area (Å²) in [6.45, 7) is 4.20.